The van der Waals surface area contributed by atoms with Crippen LogP contribution in [-0.4, -0.2) is 23.1 Å². The Kier molecular flexibility index (Phi) is 6.17. The number of hydrogen-bond acceptors (Lipinski definition) is 4. The van der Waals surface area contributed by atoms with E-state index in [9.17, 15) is 22.5 Å². The number of rotatable bonds is 4. The van der Waals surface area contributed by atoms with E-state index in [1.54, 1.807) is 0 Å². The Morgan fingerprint density at radius 3 is 2.61 bits per heavy atom. The van der Waals surface area contributed by atoms with Crippen molar-refractivity contribution < 1.29 is 27.3 Å². The van der Waals surface area contributed by atoms with Crippen molar-refractivity contribution >= 4 is 23.0 Å². The number of nitrogens with one attached hydrogen (secondary N) is 2. The average Bonchev–Trinajstić information content (AvgIpc) is 2.77. The highest BCUT2D eigenvalue weighted by molar-refractivity contribution is 7.89. The number of carbonyl (C=O) groups is 1. The van der Waals surface area contributed by atoms with E-state index in [2.05, 4.69) is 10.0 Å². The molecule has 2 atom stereocenters. The molecular formula is C19H19F3N2O3S. The number of hydrogen-bond donors (Lipinski definition) is 2. The van der Waals surface area contributed by atoms with E-state index in [4.69, 9.17) is 4.74 Å². The molecule has 9 heteroatoms. The molecule has 1 heterocycles. The van der Waals surface area contributed by atoms with Gasteiger partial charge in [-0.2, -0.15) is 0 Å². The molecule has 150 valence electrons. The van der Waals surface area contributed by atoms with Gasteiger partial charge in [-0.05, 0) is 24.5 Å². The summed E-state index contributed by atoms with van der Waals surface area (Å²) in [6, 6.07) is 5.62. The fraction of sp³-hybridized carbons (Fsp3) is 0.316. The molecule has 0 saturated carbocycles. The van der Waals surface area contributed by atoms with Crippen LogP contribution in [0.25, 0.3) is 0 Å². The van der Waals surface area contributed by atoms with Crippen LogP contribution in [0, 0.1) is 23.4 Å². The van der Waals surface area contributed by atoms with Crippen LogP contribution in [0.15, 0.2) is 35.2 Å². The van der Waals surface area contributed by atoms with Gasteiger partial charge in [-0.15, -0.1) is 4.72 Å². The summed E-state index contributed by atoms with van der Waals surface area (Å²) >= 11 is -1.59. The first-order valence-corrected chi connectivity index (χ1v) is 9.80. The predicted molar refractivity (Wildman–Crippen MR) is 99.0 cm³/mol. The van der Waals surface area contributed by atoms with Gasteiger partial charge in [0.25, 0.3) is 5.91 Å². The van der Waals surface area contributed by atoms with Gasteiger partial charge in [0.1, 0.15) is 6.61 Å². The molecule has 2 N–H and O–H groups in total. The Morgan fingerprint density at radius 1 is 1.29 bits per heavy atom. The number of amides is 1. The van der Waals surface area contributed by atoms with Crippen LogP contribution in [0.1, 0.15) is 30.6 Å². The van der Waals surface area contributed by atoms with Gasteiger partial charge in [-0.1, -0.05) is 13.8 Å². The van der Waals surface area contributed by atoms with Crippen LogP contribution in [0.4, 0.5) is 18.9 Å². The van der Waals surface area contributed by atoms with E-state index in [1.807, 2.05) is 13.8 Å². The normalized spacial score (nSPS) is 19.0. The van der Waals surface area contributed by atoms with Gasteiger partial charge >= 0.3 is 0 Å². The Bertz CT molecular complexity index is 872. The van der Waals surface area contributed by atoms with E-state index < -0.39 is 34.7 Å². The zero-order valence-electron chi connectivity index (χ0n) is 15.2. The molecule has 1 aliphatic rings. The van der Waals surface area contributed by atoms with Crippen LogP contribution >= 0.6 is 0 Å². The highest BCUT2D eigenvalue weighted by Gasteiger charge is 2.29. The number of carbonyl (C=O) groups excluding carboxylic acids is 1. The predicted octanol–water partition coefficient (Wildman–Crippen LogP) is 3.78. The monoisotopic (exact) mass is 412 g/mol. The third-order valence-electron chi connectivity index (χ3n) is 4.12. The average molecular weight is 412 g/mol. The lowest BCUT2D eigenvalue weighted by Crippen LogP contribution is -2.37. The summed E-state index contributed by atoms with van der Waals surface area (Å²) in [5.74, 6) is -4.34. The summed E-state index contributed by atoms with van der Waals surface area (Å²) in [7, 11) is 0. The topological polar surface area (TPSA) is 73.4 Å². The molecule has 0 aliphatic carbocycles. The van der Waals surface area contributed by atoms with Crippen LogP contribution in [0.5, 0.6) is 5.75 Å². The molecule has 0 saturated heterocycles. The van der Waals surface area contributed by atoms with Crippen LogP contribution in [-0.2, 0) is 11.4 Å². The van der Waals surface area contributed by atoms with Gasteiger partial charge in [0, 0.05) is 29.4 Å². The number of benzene rings is 2. The fourth-order valence-corrected chi connectivity index (χ4v) is 4.01. The van der Waals surface area contributed by atoms with E-state index >= 15 is 0 Å². The van der Waals surface area contributed by atoms with Gasteiger partial charge in [0.15, 0.2) is 23.2 Å². The lowest BCUT2D eigenvalue weighted by Gasteiger charge is -2.17. The van der Waals surface area contributed by atoms with E-state index in [0.717, 1.165) is 6.42 Å². The van der Waals surface area contributed by atoms with Crippen molar-refractivity contribution in [1.82, 2.24) is 4.72 Å². The maximum Gasteiger partial charge on any atom is 0.255 e. The van der Waals surface area contributed by atoms with E-state index in [1.165, 1.54) is 18.2 Å². The molecule has 0 bridgehead atoms. The highest BCUT2D eigenvalue weighted by Crippen LogP contribution is 2.29. The molecule has 28 heavy (non-hydrogen) atoms. The van der Waals surface area contributed by atoms with Gasteiger partial charge in [0.05, 0.1) is 17.4 Å². The van der Waals surface area contributed by atoms with Crippen molar-refractivity contribution in [3.63, 3.8) is 0 Å². The van der Waals surface area contributed by atoms with Crippen molar-refractivity contribution in [3.05, 3.63) is 53.3 Å². The molecule has 2 unspecified atom stereocenters. The van der Waals surface area contributed by atoms with Crippen LogP contribution in [0.2, 0.25) is 0 Å². The van der Waals surface area contributed by atoms with E-state index in [0.29, 0.717) is 35.3 Å². The maximum atomic E-state index is 13.3. The number of halogens is 3. The van der Waals surface area contributed by atoms with Crippen molar-refractivity contribution in [2.75, 3.05) is 11.9 Å². The van der Waals surface area contributed by atoms with Crippen LogP contribution in [0.3, 0.4) is 0 Å². The number of fused-ring (bicyclic) bond motifs is 1. The molecular weight excluding hydrogens is 393 g/mol. The van der Waals surface area contributed by atoms with Gasteiger partial charge in [0.2, 0.25) is 4.90 Å². The van der Waals surface area contributed by atoms with Crippen LogP contribution < -0.4 is 14.8 Å². The standard InChI is InChI=1S/C19H19F3N2O3S/c1-10(2)5-13-9-27-16-4-3-11(6-17(16)28(26)24-13)19(25)23-12-7-14(20)18(22)15(21)8-12/h3-4,6-8,10,13,24H,5,9H2,1-2H3,(H,23,25). The first-order chi connectivity index (χ1) is 13.2. The molecule has 3 rings (SSSR count). The summed E-state index contributed by atoms with van der Waals surface area (Å²) < 4.78 is 60.9. The lowest BCUT2D eigenvalue weighted by atomic mass is 10.1. The Balaban J connectivity index is 1.79. The summed E-state index contributed by atoms with van der Waals surface area (Å²) in [4.78, 5) is 12.7. The smallest absolute Gasteiger partial charge is 0.255 e. The van der Waals surface area contributed by atoms with Crippen molar-refractivity contribution in [2.24, 2.45) is 5.92 Å². The van der Waals surface area contributed by atoms with Gasteiger partial charge < -0.3 is 14.6 Å². The largest absolute Gasteiger partial charge is 0.593 e. The first-order valence-electron chi connectivity index (χ1n) is 8.65. The summed E-state index contributed by atoms with van der Waals surface area (Å²) in [6.45, 7) is 4.44. The second kappa shape index (κ2) is 8.42. The zero-order valence-corrected chi connectivity index (χ0v) is 16.0. The van der Waals surface area contributed by atoms with E-state index in [-0.39, 0.29) is 17.3 Å². The van der Waals surface area contributed by atoms with Gasteiger partial charge in [-0.3, -0.25) is 4.79 Å². The maximum absolute atomic E-state index is 13.3. The number of ether oxygens (including phenoxy) is 1. The fourth-order valence-electron chi connectivity index (χ4n) is 2.87. The molecule has 0 radical (unpaired) electrons. The third kappa shape index (κ3) is 4.60. The Labute approximate surface area is 163 Å². The quantitative estimate of drug-likeness (QED) is 0.592. The second-order valence-corrected chi connectivity index (χ2v) is 8.11. The summed E-state index contributed by atoms with van der Waals surface area (Å²) in [5.41, 5.74) is -0.117. The molecule has 5 nitrogen and oxygen atoms in total. The first kappa shape index (κ1) is 20.5. The molecule has 0 spiro atoms. The Morgan fingerprint density at radius 2 is 1.96 bits per heavy atom. The number of anilines is 1. The molecule has 0 aromatic heterocycles. The zero-order chi connectivity index (χ0) is 20.4. The van der Waals surface area contributed by atoms with Crippen molar-refractivity contribution in [2.45, 2.75) is 31.2 Å². The molecule has 0 fully saturated rings. The minimum atomic E-state index is -1.61. The molecule has 2 aromatic rings. The SMILES string of the molecule is CC(C)CC1COc2ccc(C(=O)Nc3cc(F)c(F)c(F)c3)cc2[S+]([O-])N1. The molecule has 2 aromatic carbocycles. The third-order valence-corrected chi connectivity index (χ3v) is 5.38. The molecule has 1 amide bonds. The minimum absolute atomic E-state index is 0.101. The molecule has 1 aliphatic heterocycles. The van der Waals surface area contributed by atoms with Crippen molar-refractivity contribution in [3.8, 4) is 5.75 Å². The minimum Gasteiger partial charge on any atom is -0.593 e. The Hall–Kier alpha value is -2.23. The summed E-state index contributed by atoms with van der Waals surface area (Å²) in [5, 5.41) is 2.29. The lowest BCUT2D eigenvalue weighted by molar-refractivity contribution is 0.102. The van der Waals surface area contributed by atoms with Crippen molar-refractivity contribution in [1.29, 1.82) is 0 Å². The highest BCUT2D eigenvalue weighted by atomic mass is 32.2. The summed E-state index contributed by atoms with van der Waals surface area (Å²) in [6.07, 6.45) is 0.773. The second-order valence-electron chi connectivity index (χ2n) is 6.89. The van der Waals surface area contributed by atoms with Gasteiger partial charge in [-0.25, -0.2) is 13.2 Å².